The lowest BCUT2D eigenvalue weighted by molar-refractivity contribution is -0.914. The van der Waals surface area contributed by atoms with Crippen molar-refractivity contribution < 1.29 is 14.4 Å². The number of ether oxygens (including phenoxy) is 1. The highest BCUT2D eigenvalue weighted by atomic mass is 16.5. The molecule has 1 aromatic heterocycles. The van der Waals surface area contributed by atoms with Gasteiger partial charge in [0.15, 0.2) is 6.04 Å². The van der Waals surface area contributed by atoms with Crippen LogP contribution in [0.1, 0.15) is 13.8 Å². The molecule has 1 aliphatic heterocycles. The van der Waals surface area contributed by atoms with Crippen LogP contribution in [-0.4, -0.2) is 54.7 Å². The Kier molecular flexibility index (Phi) is 6.01. The second kappa shape index (κ2) is 8.62. The second-order valence-electron chi connectivity index (χ2n) is 6.33. The maximum atomic E-state index is 12.7. The number of carbonyl (C=O) groups is 1. The third kappa shape index (κ3) is 4.29. The van der Waals surface area contributed by atoms with E-state index >= 15 is 0 Å². The standard InChI is InChI=1S/C19H25N5O2/c1-3-26-17-8-5-4-7-16(17)22-18(25)15(2)23-11-13-24(14-12-23)19-20-9-6-10-21-19/h4-10,15H,3,11-14H2,1-2H3,(H,22,25)/p+1/t15-/m1/s1. The number of hydrogen-bond donors (Lipinski definition) is 2. The van der Waals surface area contributed by atoms with E-state index in [-0.39, 0.29) is 11.9 Å². The lowest BCUT2D eigenvalue weighted by Gasteiger charge is -2.34. The molecule has 2 aromatic rings. The highest BCUT2D eigenvalue weighted by Crippen LogP contribution is 2.23. The summed E-state index contributed by atoms with van der Waals surface area (Å²) in [6, 6.07) is 9.22. The fourth-order valence-corrected chi connectivity index (χ4v) is 3.16. The first-order valence-corrected chi connectivity index (χ1v) is 9.08. The Labute approximate surface area is 154 Å². The van der Waals surface area contributed by atoms with Crippen LogP contribution in [0.15, 0.2) is 42.7 Å². The first kappa shape index (κ1) is 18.1. The number of quaternary nitrogens is 1. The molecule has 1 saturated heterocycles. The van der Waals surface area contributed by atoms with E-state index in [1.165, 1.54) is 4.90 Å². The molecule has 26 heavy (non-hydrogen) atoms. The van der Waals surface area contributed by atoms with Gasteiger partial charge >= 0.3 is 0 Å². The van der Waals surface area contributed by atoms with Crippen LogP contribution in [0.5, 0.6) is 5.75 Å². The maximum Gasteiger partial charge on any atom is 0.282 e. The van der Waals surface area contributed by atoms with E-state index < -0.39 is 0 Å². The van der Waals surface area contributed by atoms with Crippen LogP contribution >= 0.6 is 0 Å². The quantitative estimate of drug-likeness (QED) is 0.793. The SMILES string of the molecule is CCOc1ccccc1NC(=O)[C@@H](C)[NH+]1CCN(c2ncccn2)CC1. The number of piperazine rings is 1. The van der Waals surface area contributed by atoms with Crippen molar-refractivity contribution in [3.8, 4) is 5.75 Å². The molecule has 1 fully saturated rings. The normalized spacial score (nSPS) is 16.2. The molecule has 1 amide bonds. The Morgan fingerprint density at radius 2 is 1.92 bits per heavy atom. The molecule has 1 aromatic carbocycles. The minimum atomic E-state index is -0.136. The van der Waals surface area contributed by atoms with E-state index in [4.69, 9.17) is 4.74 Å². The van der Waals surface area contributed by atoms with E-state index in [1.807, 2.05) is 44.2 Å². The third-order valence-corrected chi connectivity index (χ3v) is 4.69. The Balaban J connectivity index is 1.57. The molecule has 0 saturated carbocycles. The van der Waals surface area contributed by atoms with Crippen molar-refractivity contribution in [1.29, 1.82) is 0 Å². The minimum absolute atomic E-state index is 0.0107. The number of nitrogens with zero attached hydrogens (tertiary/aromatic N) is 3. The summed E-state index contributed by atoms with van der Waals surface area (Å²) in [5, 5.41) is 3.01. The molecule has 3 rings (SSSR count). The average molecular weight is 356 g/mol. The van der Waals surface area contributed by atoms with E-state index in [0.717, 1.165) is 37.8 Å². The van der Waals surface area contributed by atoms with Crippen LogP contribution in [0.2, 0.25) is 0 Å². The van der Waals surface area contributed by atoms with Gasteiger partial charge < -0.3 is 19.9 Å². The summed E-state index contributed by atoms with van der Waals surface area (Å²) in [4.78, 5) is 24.7. The van der Waals surface area contributed by atoms with Crippen LogP contribution in [0.3, 0.4) is 0 Å². The molecule has 2 heterocycles. The summed E-state index contributed by atoms with van der Waals surface area (Å²) in [6.07, 6.45) is 3.51. The topological polar surface area (TPSA) is 71.8 Å². The molecular weight excluding hydrogens is 330 g/mol. The number of carbonyl (C=O) groups excluding carboxylic acids is 1. The molecule has 1 atom stereocenters. The number of rotatable bonds is 6. The summed E-state index contributed by atoms with van der Waals surface area (Å²) in [5.41, 5.74) is 0.724. The minimum Gasteiger partial charge on any atom is -0.492 e. The predicted octanol–water partition coefficient (Wildman–Crippen LogP) is 0.607. The van der Waals surface area contributed by atoms with Gasteiger partial charge in [0, 0.05) is 12.4 Å². The zero-order valence-electron chi connectivity index (χ0n) is 15.3. The van der Waals surface area contributed by atoms with Crippen molar-refractivity contribution in [2.24, 2.45) is 0 Å². The highest BCUT2D eigenvalue weighted by Gasteiger charge is 2.30. The molecule has 0 spiro atoms. The fourth-order valence-electron chi connectivity index (χ4n) is 3.16. The molecule has 7 nitrogen and oxygen atoms in total. The molecule has 2 N–H and O–H groups in total. The smallest absolute Gasteiger partial charge is 0.282 e. The van der Waals surface area contributed by atoms with Gasteiger partial charge in [0.1, 0.15) is 5.75 Å². The molecular formula is C19H26N5O2+. The van der Waals surface area contributed by atoms with E-state index in [2.05, 4.69) is 20.2 Å². The number of hydrogen-bond acceptors (Lipinski definition) is 5. The number of nitrogens with one attached hydrogen (secondary N) is 2. The van der Waals surface area contributed by atoms with Crippen molar-refractivity contribution in [1.82, 2.24) is 9.97 Å². The summed E-state index contributed by atoms with van der Waals surface area (Å²) >= 11 is 0. The molecule has 0 bridgehead atoms. The molecule has 7 heteroatoms. The highest BCUT2D eigenvalue weighted by molar-refractivity contribution is 5.94. The Hall–Kier alpha value is -2.67. The van der Waals surface area contributed by atoms with Crippen molar-refractivity contribution >= 4 is 17.5 Å². The van der Waals surface area contributed by atoms with Crippen LogP contribution in [0.25, 0.3) is 0 Å². The zero-order chi connectivity index (χ0) is 18.4. The maximum absolute atomic E-state index is 12.7. The molecule has 0 radical (unpaired) electrons. The number of benzene rings is 1. The number of anilines is 2. The second-order valence-corrected chi connectivity index (χ2v) is 6.33. The van der Waals surface area contributed by atoms with Crippen LogP contribution < -0.4 is 19.9 Å². The Morgan fingerprint density at radius 3 is 2.62 bits per heavy atom. The Morgan fingerprint density at radius 1 is 1.23 bits per heavy atom. The average Bonchev–Trinajstić information content (AvgIpc) is 2.70. The lowest BCUT2D eigenvalue weighted by atomic mass is 10.2. The van der Waals surface area contributed by atoms with Crippen LogP contribution in [0.4, 0.5) is 11.6 Å². The predicted molar refractivity (Wildman–Crippen MR) is 101 cm³/mol. The lowest BCUT2D eigenvalue weighted by Crippen LogP contribution is -3.19. The van der Waals surface area contributed by atoms with Gasteiger partial charge in [0.25, 0.3) is 5.91 Å². The number of para-hydroxylation sites is 2. The number of aromatic nitrogens is 2. The summed E-state index contributed by atoms with van der Waals surface area (Å²) in [7, 11) is 0. The monoisotopic (exact) mass is 356 g/mol. The zero-order valence-corrected chi connectivity index (χ0v) is 15.3. The van der Waals surface area contributed by atoms with Gasteiger partial charge in [-0.1, -0.05) is 12.1 Å². The third-order valence-electron chi connectivity index (χ3n) is 4.69. The van der Waals surface area contributed by atoms with Gasteiger partial charge in [0.05, 0.1) is 38.5 Å². The van der Waals surface area contributed by atoms with Gasteiger partial charge in [-0.15, -0.1) is 0 Å². The Bertz CT molecular complexity index is 717. The van der Waals surface area contributed by atoms with Gasteiger partial charge in [0.2, 0.25) is 5.95 Å². The van der Waals surface area contributed by atoms with Gasteiger partial charge in [-0.2, -0.15) is 0 Å². The van der Waals surface area contributed by atoms with E-state index in [9.17, 15) is 4.79 Å². The van der Waals surface area contributed by atoms with Crippen molar-refractivity contribution in [2.45, 2.75) is 19.9 Å². The first-order valence-electron chi connectivity index (χ1n) is 9.08. The van der Waals surface area contributed by atoms with Gasteiger partial charge in [-0.05, 0) is 32.0 Å². The van der Waals surface area contributed by atoms with E-state index in [1.54, 1.807) is 12.4 Å². The van der Waals surface area contributed by atoms with Crippen LogP contribution in [0, 0.1) is 0 Å². The first-order chi connectivity index (χ1) is 12.7. The van der Waals surface area contributed by atoms with Gasteiger partial charge in [-0.25, -0.2) is 9.97 Å². The van der Waals surface area contributed by atoms with E-state index in [0.29, 0.717) is 12.4 Å². The van der Waals surface area contributed by atoms with Crippen molar-refractivity contribution in [3.05, 3.63) is 42.7 Å². The molecule has 138 valence electrons. The molecule has 0 aliphatic carbocycles. The van der Waals surface area contributed by atoms with Crippen molar-refractivity contribution in [2.75, 3.05) is 43.0 Å². The van der Waals surface area contributed by atoms with Crippen molar-refractivity contribution in [3.63, 3.8) is 0 Å². The number of amides is 1. The summed E-state index contributed by atoms with van der Waals surface area (Å²) < 4.78 is 5.58. The molecule has 0 unspecified atom stereocenters. The van der Waals surface area contributed by atoms with Gasteiger partial charge in [-0.3, -0.25) is 4.79 Å². The largest absolute Gasteiger partial charge is 0.492 e. The van der Waals surface area contributed by atoms with Crippen LogP contribution in [-0.2, 0) is 4.79 Å². The fraction of sp³-hybridized carbons (Fsp3) is 0.421. The summed E-state index contributed by atoms with van der Waals surface area (Å²) in [5.74, 6) is 1.47. The summed E-state index contributed by atoms with van der Waals surface area (Å²) in [6.45, 7) is 7.90. The molecule has 1 aliphatic rings.